The lowest BCUT2D eigenvalue weighted by Crippen LogP contribution is -2.36. The van der Waals surface area contributed by atoms with Gasteiger partial charge >= 0.3 is 7.82 Å². The Morgan fingerprint density at radius 1 is 1.38 bits per heavy atom. The van der Waals surface area contributed by atoms with Crippen molar-refractivity contribution in [2.24, 2.45) is 5.92 Å². The van der Waals surface area contributed by atoms with E-state index < -0.39 is 37.8 Å². The number of hydrogen-bond donors (Lipinski definition) is 2. The van der Waals surface area contributed by atoms with Crippen LogP contribution in [0.4, 0.5) is 10.2 Å². The molecule has 0 saturated carbocycles. The first-order valence-corrected chi connectivity index (χ1v) is 13.1. The smallest absolute Gasteiger partial charge is 0.348 e. The number of aromatic nitrogens is 3. The molecule has 0 aliphatic carbocycles. The molecule has 6 atom stereocenters. The van der Waals surface area contributed by atoms with E-state index >= 15 is 4.39 Å². The van der Waals surface area contributed by atoms with E-state index in [1.807, 2.05) is 0 Å². The molecule has 1 aromatic carbocycles. The number of phosphoric acid groups is 1. The van der Waals surface area contributed by atoms with Crippen LogP contribution in [0.25, 0.3) is 15.9 Å². The quantitative estimate of drug-likeness (QED) is 0.236. The number of nitrogens with zero attached hydrogens (tertiary/aromatic N) is 4. The molecule has 2 N–H and O–H groups in total. The molecule has 1 fully saturated rings. The van der Waals surface area contributed by atoms with E-state index in [1.54, 1.807) is 49.5 Å². The van der Waals surface area contributed by atoms with Crippen molar-refractivity contribution in [3.05, 3.63) is 65.9 Å². The number of carbonyl (C=O) groups excluding carboxylic acids is 1. The van der Waals surface area contributed by atoms with Gasteiger partial charge in [0.1, 0.15) is 24.4 Å². The Bertz CT molecular complexity index is 1360. The minimum Gasteiger partial charge on any atom is -0.348 e. The molecule has 1 aliphatic rings. The van der Waals surface area contributed by atoms with E-state index in [0.717, 1.165) is 0 Å². The van der Waals surface area contributed by atoms with Crippen LogP contribution < -0.4 is 5.32 Å². The molecule has 11 nitrogen and oxygen atoms in total. The van der Waals surface area contributed by atoms with Crippen molar-refractivity contribution in [3.8, 4) is 0 Å². The first-order valence-electron chi connectivity index (χ1n) is 11.6. The molecule has 0 radical (unpaired) electrons. The number of nitrogens with one attached hydrogen (secondary N) is 1. The second-order valence-corrected chi connectivity index (χ2v) is 10.3. The van der Waals surface area contributed by atoms with E-state index in [2.05, 4.69) is 20.1 Å². The van der Waals surface area contributed by atoms with Crippen molar-refractivity contribution in [1.29, 1.82) is 0 Å². The number of halogens is 1. The zero-order valence-corrected chi connectivity index (χ0v) is 21.3. The Balaban J connectivity index is 1.56. The summed E-state index contributed by atoms with van der Waals surface area (Å²) in [6, 6.07) is 10.3. The van der Waals surface area contributed by atoms with Crippen LogP contribution in [0.5, 0.6) is 0 Å². The third-order valence-electron chi connectivity index (χ3n) is 6.40. The maximum Gasteiger partial charge on any atom is 0.472 e. The van der Waals surface area contributed by atoms with Gasteiger partial charge in [0.2, 0.25) is 6.54 Å². The largest absolute Gasteiger partial charge is 0.472 e. The summed E-state index contributed by atoms with van der Waals surface area (Å²) >= 11 is 0. The van der Waals surface area contributed by atoms with Gasteiger partial charge in [0.05, 0.1) is 17.6 Å². The summed E-state index contributed by atoms with van der Waals surface area (Å²) in [5.74, 6) is -0.838. The molecule has 0 bridgehead atoms. The van der Waals surface area contributed by atoms with E-state index in [9.17, 15) is 14.3 Å². The highest BCUT2D eigenvalue weighted by Gasteiger charge is 2.55. The predicted molar refractivity (Wildman–Crippen MR) is 132 cm³/mol. The Kier molecular flexibility index (Phi) is 7.73. The zero-order valence-electron chi connectivity index (χ0n) is 20.4. The highest BCUT2D eigenvalue weighted by molar-refractivity contribution is 7.47. The minimum atomic E-state index is -4.48. The topological polar surface area (TPSA) is 129 Å². The molecule has 0 spiro atoms. The van der Waals surface area contributed by atoms with Crippen molar-refractivity contribution in [2.75, 3.05) is 18.5 Å². The summed E-state index contributed by atoms with van der Waals surface area (Å²) in [6.45, 7) is 10.9. The fraction of sp³-hybridized carbons (Fsp3) is 0.417. The number of phosphoric ester groups is 1. The van der Waals surface area contributed by atoms with E-state index in [1.165, 1.54) is 24.7 Å². The Hall–Kier alpha value is -3.20. The number of amides is 1. The third-order valence-corrected chi connectivity index (χ3v) is 7.51. The van der Waals surface area contributed by atoms with E-state index in [0.29, 0.717) is 16.6 Å². The first-order chi connectivity index (χ1) is 17.5. The maximum absolute atomic E-state index is 16.1. The molecule has 3 aromatic rings. The summed E-state index contributed by atoms with van der Waals surface area (Å²) in [5.41, 5.74) is -1.13. The molecule has 3 heterocycles. The minimum absolute atomic E-state index is 0.0976. The summed E-state index contributed by atoms with van der Waals surface area (Å²) in [5, 5.41) is 3.25. The Labute approximate surface area is 213 Å². The number of alkyl halides is 1. The molecule has 2 aromatic heterocycles. The van der Waals surface area contributed by atoms with E-state index in [4.69, 9.17) is 20.4 Å². The van der Waals surface area contributed by atoms with Crippen LogP contribution in [-0.4, -0.2) is 56.4 Å². The molecule has 1 aliphatic heterocycles. The average molecular weight is 531 g/mol. The first kappa shape index (κ1) is 26.9. The van der Waals surface area contributed by atoms with Gasteiger partial charge in [0.15, 0.2) is 11.9 Å². The Morgan fingerprint density at radius 2 is 2.11 bits per heavy atom. The molecule has 1 amide bonds. The van der Waals surface area contributed by atoms with Gasteiger partial charge in [-0.15, -0.1) is 0 Å². The van der Waals surface area contributed by atoms with Crippen LogP contribution in [-0.2, 0) is 18.3 Å². The van der Waals surface area contributed by atoms with Gasteiger partial charge in [-0.3, -0.25) is 13.8 Å². The Morgan fingerprint density at radius 3 is 2.81 bits per heavy atom. The number of hydrogen-bond acceptors (Lipinski definition) is 7. The lowest BCUT2D eigenvalue weighted by atomic mass is 9.88. The van der Waals surface area contributed by atoms with Crippen LogP contribution in [0.1, 0.15) is 37.4 Å². The summed E-state index contributed by atoms with van der Waals surface area (Å²) < 4.78 is 45.9. The molecular weight excluding hydrogens is 504 g/mol. The predicted octanol–water partition coefficient (Wildman–Crippen LogP) is 4.39. The molecule has 196 valence electrons. The van der Waals surface area contributed by atoms with Gasteiger partial charge in [-0.2, -0.15) is 0 Å². The molecule has 37 heavy (non-hydrogen) atoms. The second kappa shape index (κ2) is 10.7. The zero-order chi connectivity index (χ0) is 26.8. The molecule has 2 unspecified atom stereocenters. The fourth-order valence-corrected chi connectivity index (χ4v) is 5.25. The van der Waals surface area contributed by atoms with Crippen molar-refractivity contribution in [1.82, 2.24) is 14.5 Å². The van der Waals surface area contributed by atoms with Gasteiger partial charge in [0, 0.05) is 17.7 Å². The summed E-state index contributed by atoms with van der Waals surface area (Å²) in [4.78, 5) is 34.1. The van der Waals surface area contributed by atoms with Crippen LogP contribution >= 0.6 is 7.82 Å². The third kappa shape index (κ3) is 5.56. The van der Waals surface area contributed by atoms with Gasteiger partial charge in [-0.05, 0) is 32.0 Å². The second-order valence-electron chi connectivity index (χ2n) is 8.89. The van der Waals surface area contributed by atoms with Crippen LogP contribution in [0.2, 0.25) is 0 Å². The summed E-state index contributed by atoms with van der Waals surface area (Å²) in [6.07, 6.45) is -0.202. The maximum atomic E-state index is 16.1. The van der Waals surface area contributed by atoms with Gasteiger partial charge in [0.25, 0.3) is 5.91 Å². The molecular formula is C24H27FN5O6P. The van der Waals surface area contributed by atoms with Crippen molar-refractivity contribution in [2.45, 2.75) is 44.9 Å². The van der Waals surface area contributed by atoms with E-state index in [-0.39, 0.29) is 24.9 Å². The molecule has 13 heteroatoms. The van der Waals surface area contributed by atoms with Gasteiger partial charge < -0.3 is 24.4 Å². The lowest BCUT2D eigenvalue weighted by Gasteiger charge is -2.27. The standard InChI is InChI=1S/C24H27FN5O6P/c1-15-19(16(2)36-37(32,33)34-13-11-26-4)35-23(24(15,3)25)30-12-10-18-20(27-14-28-21(18)30)29-22(31)17-8-6-5-7-9-17/h5-10,12,14-16,19,23H,11,13H2,1-3H3,(H,32,33)(H,27,28,29,31)/t15-,16?,19+,23-,24-/m1/s1. The van der Waals surface area contributed by atoms with Gasteiger partial charge in [-0.1, -0.05) is 25.1 Å². The van der Waals surface area contributed by atoms with Crippen LogP contribution in [0.3, 0.4) is 0 Å². The number of benzene rings is 1. The number of anilines is 1. The summed E-state index contributed by atoms with van der Waals surface area (Å²) in [7, 11) is -4.48. The van der Waals surface area contributed by atoms with Crippen molar-refractivity contribution < 1.29 is 32.4 Å². The van der Waals surface area contributed by atoms with Crippen molar-refractivity contribution >= 4 is 30.6 Å². The average Bonchev–Trinajstić information content (AvgIpc) is 3.38. The van der Waals surface area contributed by atoms with Crippen LogP contribution in [0, 0.1) is 12.5 Å². The highest BCUT2D eigenvalue weighted by atomic mass is 31.2. The molecule has 1 saturated heterocycles. The number of ether oxygens (including phenoxy) is 1. The molecule has 4 rings (SSSR count). The number of fused-ring (bicyclic) bond motifs is 1. The lowest BCUT2D eigenvalue weighted by molar-refractivity contribution is -0.0755. The number of rotatable bonds is 9. The van der Waals surface area contributed by atoms with Crippen molar-refractivity contribution in [3.63, 3.8) is 0 Å². The number of carbonyl (C=O) groups is 1. The van der Waals surface area contributed by atoms with Gasteiger partial charge in [-0.25, -0.2) is 25.5 Å². The van der Waals surface area contributed by atoms with Crippen LogP contribution in [0.15, 0.2) is 48.9 Å². The monoisotopic (exact) mass is 531 g/mol. The normalized spacial score (nSPS) is 25.9. The fourth-order valence-electron chi connectivity index (χ4n) is 4.33. The SMILES string of the molecule is [C-]#[N+]CCOP(=O)(O)OC(C)[C@H]1O[C@@H](n2ccc3c(NC(=O)c4ccccc4)ncnc32)[C@](C)(F)[C@@H]1C. The highest BCUT2D eigenvalue weighted by Crippen LogP contribution is 2.51.